The molecule has 4 N–H and O–H groups in total. The number of carboxylic acid groups (broad SMARTS) is 1. The van der Waals surface area contributed by atoms with Gasteiger partial charge in [0.05, 0.1) is 5.69 Å². The van der Waals surface area contributed by atoms with E-state index >= 15 is 0 Å². The van der Waals surface area contributed by atoms with Crippen molar-refractivity contribution in [3.05, 3.63) is 132 Å². The summed E-state index contributed by atoms with van der Waals surface area (Å²) in [6, 6.07) is 34.3. The second-order valence-electron chi connectivity index (χ2n) is 8.80. The van der Waals surface area contributed by atoms with E-state index < -0.39 is 11.9 Å². The maximum absolute atomic E-state index is 13.1. The first-order chi connectivity index (χ1) is 19.0. The Hall–Kier alpha value is -5.43. The summed E-state index contributed by atoms with van der Waals surface area (Å²) in [5.74, 6) is -1.22. The Bertz CT molecular complexity index is 1640. The zero-order valence-corrected chi connectivity index (χ0v) is 20.9. The average molecular weight is 516 g/mol. The van der Waals surface area contributed by atoms with E-state index in [0.717, 1.165) is 5.56 Å². The molecule has 39 heavy (non-hydrogen) atoms. The SMILES string of the molecule is Nc1cccc(-c2cc(-c3ccccc3OCc3ccccc3)nc(NC(=O)c3ccccc3)c2C(=O)O)c1. The summed E-state index contributed by atoms with van der Waals surface area (Å²) in [5.41, 5.74) is 9.76. The summed E-state index contributed by atoms with van der Waals surface area (Å²) in [5, 5.41) is 13.0. The molecule has 0 aliphatic carbocycles. The van der Waals surface area contributed by atoms with Gasteiger partial charge in [-0.05, 0) is 53.6 Å². The summed E-state index contributed by atoms with van der Waals surface area (Å²) < 4.78 is 6.15. The standard InChI is InChI=1S/C32H25N3O4/c33-24-15-9-14-23(18-24)26-19-27(25-16-7-8-17-28(25)39-20-21-10-3-1-4-11-21)34-30(29(26)32(37)38)35-31(36)22-12-5-2-6-13-22/h1-19H,20,33H2,(H,37,38)(H,34,35,36). The molecule has 0 radical (unpaired) electrons. The van der Waals surface area contributed by atoms with Crippen molar-refractivity contribution in [2.24, 2.45) is 0 Å². The largest absolute Gasteiger partial charge is 0.488 e. The molecule has 0 fully saturated rings. The molecule has 1 amide bonds. The molecule has 1 aromatic heterocycles. The molecular weight excluding hydrogens is 490 g/mol. The fourth-order valence-corrected chi connectivity index (χ4v) is 4.23. The van der Waals surface area contributed by atoms with Crippen molar-refractivity contribution < 1.29 is 19.4 Å². The molecule has 0 saturated heterocycles. The van der Waals surface area contributed by atoms with E-state index in [4.69, 9.17) is 10.5 Å². The monoisotopic (exact) mass is 515 g/mol. The van der Waals surface area contributed by atoms with Crippen LogP contribution in [0.5, 0.6) is 5.75 Å². The maximum atomic E-state index is 13.1. The van der Waals surface area contributed by atoms with E-state index in [2.05, 4.69) is 10.3 Å². The van der Waals surface area contributed by atoms with E-state index in [0.29, 0.717) is 46.0 Å². The van der Waals surface area contributed by atoms with Gasteiger partial charge in [0, 0.05) is 22.4 Å². The Morgan fingerprint density at radius 2 is 1.49 bits per heavy atom. The molecule has 0 atom stereocenters. The van der Waals surface area contributed by atoms with Crippen molar-refractivity contribution in [3.63, 3.8) is 0 Å². The number of aromatic nitrogens is 1. The number of ether oxygens (including phenoxy) is 1. The molecule has 0 spiro atoms. The maximum Gasteiger partial charge on any atom is 0.340 e. The van der Waals surface area contributed by atoms with Crippen LogP contribution in [0.4, 0.5) is 11.5 Å². The molecule has 0 unspecified atom stereocenters. The fourth-order valence-electron chi connectivity index (χ4n) is 4.23. The van der Waals surface area contributed by atoms with E-state index in [1.807, 2.05) is 54.6 Å². The van der Waals surface area contributed by atoms with Crippen LogP contribution in [0.2, 0.25) is 0 Å². The average Bonchev–Trinajstić information content (AvgIpc) is 2.96. The molecule has 1 heterocycles. The van der Waals surface area contributed by atoms with Gasteiger partial charge in [-0.25, -0.2) is 9.78 Å². The topological polar surface area (TPSA) is 115 Å². The summed E-state index contributed by atoms with van der Waals surface area (Å²) in [6.45, 7) is 0.338. The van der Waals surface area contributed by atoms with Crippen molar-refractivity contribution >= 4 is 23.4 Å². The van der Waals surface area contributed by atoms with Crippen molar-refractivity contribution in [1.82, 2.24) is 4.98 Å². The summed E-state index contributed by atoms with van der Waals surface area (Å²) >= 11 is 0. The number of carboxylic acids is 1. The number of hydrogen-bond acceptors (Lipinski definition) is 5. The number of benzene rings is 4. The van der Waals surface area contributed by atoms with Gasteiger partial charge in [0.2, 0.25) is 0 Å². The molecule has 5 aromatic rings. The quantitative estimate of drug-likeness (QED) is 0.203. The van der Waals surface area contributed by atoms with Gasteiger partial charge in [0.1, 0.15) is 23.7 Å². The lowest BCUT2D eigenvalue weighted by atomic mass is 9.97. The van der Waals surface area contributed by atoms with Crippen LogP contribution in [-0.4, -0.2) is 22.0 Å². The van der Waals surface area contributed by atoms with Crippen molar-refractivity contribution in [1.29, 1.82) is 0 Å². The first kappa shape index (κ1) is 25.2. The van der Waals surface area contributed by atoms with E-state index in [-0.39, 0.29) is 11.4 Å². The Labute approximate surface area is 225 Å². The normalized spacial score (nSPS) is 10.6. The molecule has 0 aliphatic rings. The van der Waals surface area contributed by atoms with Crippen molar-refractivity contribution in [2.45, 2.75) is 6.61 Å². The lowest BCUT2D eigenvalue weighted by Crippen LogP contribution is -2.17. The van der Waals surface area contributed by atoms with Crippen LogP contribution < -0.4 is 15.8 Å². The second kappa shape index (κ2) is 11.3. The molecule has 7 heteroatoms. The number of carbonyl (C=O) groups is 2. The number of para-hydroxylation sites is 1. The minimum atomic E-state index is -1.23. The number of nitrogens with zero attached hydrogens (tertiary/aromatic N) is 1. The van der Waals surface area contributed by atoms with Gasteiger partial charge in [0.25, 0.3) is 5.91 Å². The first-order valence-electron chi connectivity index (χ1n) is 12.3. The van der Waals surface area contributed by atoms with Crippen LogP contribution in [0.25, 0.3) is 22.4 Å². The van der Waals surface area contributed by atoms with Gasteiger partial charge in [0.15, 0.2) is 0 Å². The van der Waals surface area contributed by atoms with Crippen molar-refractivity contribution in [2.75, 3.05) is 11.1 Å². The number of hydrogen-bond donors (Lipinski definition) is 3. The van der Waals surface area contributed by atoms with Gasteiger partial charge in [-0.3, -0.25) is 4.79 Å². The number of nitrogen functional groups attached to an aromatic ring is 1. The summed E-state index contributed by atoms with van der Waals surface area (Å²) in [4.78, 5) is 30.3. The number of carbonyl (C=O) groups excluding carboxylic acids is 1. The number of nitrogens with two attached hydrogens (primary N) is 1. The number of nitrogens with one attached hydrogen (secondary N) is 1. The molecule has 5 rings (SSSR count). The molecule has 0 saturated carbocycles. The summed E-state index contributed by atoms with van der Waals surface area (Å²) in [7, 11) is 0. The van der Waals surface area contributed by atoms with Gasteiger partial charge in [-0.15, -0.1) is 0 Å². The van der Waals surface area contributed by atoms with Gasteiger partial charge in [-0.1, -0.05) is 72.8 Å². The van der Waals surface area contributed by atoms with E-state index in [1.54, 1.807) is 60.7 Å². The van der Waals surface area contributed by atoms with E-state index in [1.165, 1.54) is 0 Å². The minimum Gasteiger partial charge on any atom is -0.488 e. The molecule has 7 nitrogen and oxygen atoms in total. The van der Waals surface area contributed by atoms with Crippen LogP contribution in [0.1, 0.15) is 26.3 Å². The molecular formula is C32H25N3O4. The van der Waals surface area contributed by atoms with Crippen LogP contribution in [-0.2, 0) is 6.61 Å². The van der Waals surface area contributed by atoms with Crippen LogP contribution in [0, 0.1) is 0 Å². The Balaban J connectivity index is 1.64. The third-order valence-electron chi connectivity index (χ3n) is 6.10. The van der Waals surface area contributed by atoms with Crippen LogP contribution in [0.3, 0.4) is 0 Å². The third-order valence-corrected chi connectivity index (χ3v) is 6.10. The predicted octanol–water partition coefficient (Wildman–Crippen LogP) is 6.53. The number of aromatic carboxylic acids is 1. The van der Waals surface area contributed by atoms with Gasteiger partial charge < -0.3 is 20.9 Å². The number of anilines is 2. The lowest BCUT2D eigenvalue weighted by Gasteiger charge is -2.17. The lowest BCUT2D eigenvalue weighted by molar-refractivity contribution is 0.0698. The van der Waals surface area contributed by atoms with Crippen LogP contribution in [0.15, 0.2) is 115 Å². The Morgan fingerprint density at radius 1 is 0.795 bits per heavy atom. The molecule has 192 valence electrons. The van der Waals surface area contributed by atoms with Crippen LogP contribution >= 0.6 is 0 Å². The molecule has 0 bridgehead atoms. The highest BCUT2D eigenvalue weighted by atomic mass is 16.5. The predicted molar refractivity (Wildman–Crippen MR) is 152 cm³/mol. The Morgan fingerprint density at radius 3 is 2.21 bits per heavy atom. The highest BCUT2D eigenvalue weighted by Gasteiger charge is 2.23. The fraction of sp³-hybridized carbons (Fsp3) is 0.0312. The summed E-state index contributed by atoms with van der Waals surface area (Å²) in [6.07, 6.45) is 0. The zero-order chi connectivity index (χ0) is 27.2. The Kier molecular flexibility index (Phi) is 7.32. The third kappa shape index (κ3) is 5.78. The molecule has 4 aromatic carbocycles. The van der Waals surface area contributed by atoms with Crippen molar-refractivity contribution in [3.8, 4) is 28.1 Å². The zero-order valence-electron chi connectivity index (χ0n) is 20.9. The van der Waals surface area contributed by atoms with E-state index in [9.17, 15) is 14.7 Å². The number of amides is 1. The second-order valence-corrected chi connectivity index (χ2v) is 8.80. The van der Waals surface area contributed by atoms with Gasteiger partial charge in [-0.2, -0.15) is 0 Å². The van der Waals surface area contributed by atoms with Gasteiger partial charge >= 0.3 is 5.97 Å². The minimum absolute atomic E-state index is 0.0795. The smallest absolute Gasteiger partial charge is 0.340 e. The number of pyridine rings is 1. The highest BCUT2D eigenvalue weighted by Crippen LogP contribution is 2.37. The molecule has 0 aliphatic heterocycles. The first-order valence-corrected chi connectivity index (χ1v) is 12.3. The number of rotatable bonds is 8. The highest BCUT2D eigenvalue weighted by molar-refractivity contribution is 6.09.